The van der Waals surface area contributed by atoms with Crippen LogP contribution < -0.4 is 9.80 Å². The van der Waals surface area contributed by atoms with Crippen LogP contribution in [0.2, 0.25) is 0 Å². The van der Waals surface area contributed by atoms with E-state index in [1.165, 1.54) is 22.3 Å². The Morgan fingerprint density at radius 3 is 0.844 bits per heavy atom. The second kappa shape index (κ2) is 15.7. The highest BCUT2D eigenvalue weighted by atomic mass is 16.3. The van der Waals surface area contributed by atoms with Crippen LogP contribution in [-0.4, -0.2) is 0 Å². The lowest BCUT2D eigenvalue weighted by atomic mass is 10.0. The number of rotatable bonds is 9. The molecule has 2 heterocycles. The van der Waals surface area contributed by atoms with Gasteiger partial charge in [0.1, 0.15) is 22.3 Å². The minimum Gasteiger partial charge on any atom is -0.456 e. The Morgan fingerprint density at radius 1 is 0.219 bits per heavy atom. The third kappa shape index (κ3) is 6.57. The lowest BCUT2D eigenvalue weighted by molar-refractivity contribution is 0.668. The van der Waals surface area contributed by atoms with Crippen molar-refractivity contribution < 1.29 is 8.83 Å². The number of nitrogens with zero attached hydrogens (tertiary/aromatic N) is 2. The van der Waals surface area contributed by atoms with Gasteiger partial charge in [-0.05, 0) is 118 Å². The van der Waals surface area contributed by atoms with Crippen molar-refractivity contribution >= 4 is 78.0 Å². The molecule has 10 aromatic carbocycles. The Balaban J connectivity index is 0.930. The van der Waals surface area contributed by atoms with Crippen LogP contribution in [0.4, 0.5) is 34.1 Å². The van der Waals surface area contributed by atoms with Crippen molar-refractivity contribution in [2.24, 2.45) is 0 Å². The molecule has 12 rings (SSSR count). The predicted octanol–water partition coefficient (Wildman–Crippen LogP) is 17.4. The molecule has 4 nitrogen and oxygen atoms in total. The third-order valence-electron chi connectivity index (χ3n) is 12.3. The maximum absolute atomic E-state index is 6.38. The van der Waals surface area contributed by atoms with Gasteiger partial charge in [-0.2, -0.15) is 0 Å². The molecule has 0 aliphatic heterocycles. The molecule has 0 radical (unpaired) electrons. The van der Waals surface area contributed by atoms with Gasteiger partial charge in [-0.25, -0.2) is 0 Å². The van der Waals surface area contributed by atoms with E-state index < -0.39 is 0 Å². The molecule has 0 amide bonds. The van der Waals surface area contributed by atoms with Gasteiger partial charge in [0.2, 0.25) is 0 Å². The summed E-state index contributed by atoms with van der Waals surface area (Å²) < 4.78 is 12.8. The molecular weight excluding hydrogens is 781 g/mol. The summed E-state index contributed by atoms with van der Waals surface area (Å²) >= 11 is 0. The van der Waals surface area contributed by atoms with Crippen molar-refractivity contribution in [3.05, 3.63) is 243 Å². The number of hydrogen-bond acceptors (Lipinski definition) is 4. The van der Waals surface area contributed by atoms with Crippen molar-refractivity contribution in [2.75, 3.05) is 9.80 Å². The molecule has 302 valence electrons. The quantitative estimate of drug-likeness (QED) is 0.145. The zero-order valence-corrected chi connectivity index (χ0v) is 34.8. The van der Waals surface area contributed by atoms with Gasteiger partial charge in [-0.3, -0.25) is 0 Å². The van der Waals surface area contributed by atoms with Gasteiger partial charge >= 0.3 is 0 Å². The topological polar surface area (TPSA) is 32.8 Å². The summed E-state index contributed by atoms with van der Waals surface area (Å²) in [6.45, 7) is 0. The summed E-state index contributed by atoms with van der Waals surface area (Å²) in [7, 11) is 0. The molecule has 0 saturated heterocycles. The summed E-state index contributed by atoms with van der Waals surface area (Å²) in [4.78, 5) is 4.68. The summed E-state index contributed by atoms with van der Waals surface area (Å²) in [6.07, 6.45) is 0. The molecule has 12 aromatic rings. The lowest BCUT2D eigenvalue weighted by Crippen LogP contribution is -2.10. The first-order chi connectivity index (χ1) is 31.7. The zero-order chi connectivity index (χ0) is 42.4. The van der Waals surface area contributed by atoms with Crippen molar-refractivity contribution in [2.45, 2.75) is 0 Å². The van der Waals surface area contributed by atoms with Crippen LogP contribution in [0.1, 0.15) is 0 Å². The Morgan fingerprint density at radius 2 is 0.500 bits per heavy atom. The van der Waals surface area contributed by atoms with Crippen LogP contribution in [0.15, 0.2) is 251 Å². The van der Waals surface area contributed by atoms with E-state index in [0.717, 1.165) is 89.1 Å². The number of furan rings is 2. The van der Waals surface area contributed by atoms with Crippen molar-refractivity contribution in [1.29, 1.82) is 0 Å². The van der Waals surface area contributed by atoms with E-state index in [4.69, 9.17) is 8.83 Å². The standard InChI is InChI=1S/C60H40N2O2/c1-3-13-41(14-4-1)43-25-33-47(34-26-43)61(53-19-11-23-57-59(53)51-17-7-9-21-55(51)63-57)49-37-29-45(30-38-49)46-31-39-50(40-32-46)62(48-35-27-44(28-36-48)42-15-5-2-6-16-42)54-20-12-24-58-60(54)52-18-8-10-22-56(52)64-58/h1-40H. The fourth-order valence-corrected chi connectivity index (χ4v) is 9.21. The lowest BCUT2D eigenvalue weighted by Gasteiger charge is -2.27. The fraction of sp³-hybridized carbons (Fsp3) is 0. The van der Waals surface area contributed by atoms with Crippen LogP contribution in [0.5, 0.6) is 0 Å². The van der Waals surface area contributed by atoms with Gasteiger partial charge in [-0.15, -0.1) is 0 Å². The largest absolute Gasteiger partial charge is 0.456 e. The smallest absolute Gasteiger partial charge is 0.137 e. The number of hydrogen-bond donors (Lipinski definition) is 0. The van der Waals surface area contributed by atoms with Crippen LogP contribution in [0.3, 0.4) is 0 Å². The average Bonchev–Trinajstić information content (AvgIpc) is 3.95. The van der Waals surface area contributed by atoms with Crippen LogP contribution >= 0.6 is 0 Å². The molecule has 0 aliphatic carbocycles. The predicted molar refractivity (Wildman–Crippen MR) is 267 cm³/mol. The molecule has 4 heteroatoms. The van der Waals surface area contributed by atoms with Gasteiger partial charge in [0, 0.05) is 33.5 Å². The summed E-state index contributed by atoms with van der Waals surface area (Å²) in [6, 6.07) is 85.7. The first kappa shape index (κ1) is 37.2. The van der Waals surface area contributed by atoms with Gasteiger partial charge < -0.3 is 18.6 Å². The summed E-state index contributed by atoms with van der Waals surface area (Å²) in [5, 5.41) is 4.36. The van der Waals surface area contributed by atoms with Gasteiger partial charge in [0.25, 0.3) is 0 Å². The highest BCUT2D eigenvalue weighted by Crippen LogP contribution is 2.46. The Bertz CT molecular complexity index is 3330. The van der Waals surface area contributed by atoms with E-state index in [2.05, 4.69) is 228 Å². The molecule has 0 saturated carbocycles. The Kier molecular flexibility index (Phi) is 9.12. The molecule has 0 bridgehead atoms. The first-order valence-electron chi connectivity index (χ1n) is 21.7. The van der Waals surface area contributed by atoms with Crippen LogP contribution in [-0.2, 0) is 0 Å². The van der Waals surface area contributed by atoms with E-state index in [1.54, 1.807) is 0 Å². The van der Waals surface area contributed by atoms with Gasteiger partial charge in [-0.1, -0.05) is 158 Å². The van der Waals surface area contributed by atoms with E-state index >= 15 is 0 Å². The molecule has 0 N–H and O–H groups in total. The molecule has 2 aromatic heterocycles. The first-order valence-corrected chi connectivity index (χ1v) is 21.7. The minimum absolute atomic E-state index is 0.861. The van der Waals surface area contributed by atoms with Crippen LogP contribution in [0.25, 0.3) is 77.3 Å². The third-order valence-corrected chi connectivity index (χ3v) is 12.3. The number of fused-ring (bicyclic) bond motifs is 6. The molecule has 0 fully saturated rings. The molecule has 0 aliphatic rings. The van der Waals surface area contributed by atoms with Crippen molar-refractivity contribution in [1.82, 2.24) is 0 Å². The van der Waals surface area contributed by atoms with E-state index in [-0.39, 0.29) is 0 Å². The monoisotopic (exact) mass is 820 g/mol. The molecule has 0 atom stereocenters. The zero-order valence-electron chi connectivity index (χ0n) is 34.8. The molecule has 0 unspecified atom stereocenters. The number of para-hydroxylation sites is 2. The van der Waals surface area contributed by atoms with Gasteiger partial charge in [0.15, 0.2) is 0 Å². The highest BCUT2D eigenvalue weighted by Gasteiger charge is 2.22. The van der Waals surface area contributed by atoms with Crippen molar-refractivity contribution in [3.63, 3.8) is 0 Å². The Labute approximate surface area is 371 Å². The normalized spacial score (nSPS) is 11.4. The second-order valence-corrected chi connectivity index (χ2v) is 16.1. The minimum atomic E-state index is 0.861. The Hall–Kier alpha value is -8.60. The molecule has 0 spiro atoms. The number of benzene rings is 10. The number of anilines is 6. The summed E-state index contributed by atoms with van der Waals surface area (Å²) in [5.41, 5.74) is 16.8. The molecular formula is C60H40N2O2. The molecule has 64 heavy (non-hydrogen) atoms. The maximum atomic E-state index is 6.38. The van der Waals surface area contributed by atoms with E-state index in [9.17, 15) is 0 Å². The van der Waals surface area contributed by atoms with E-state index in [1.807, 2.05) is 24.3 Å². The maximum Gasteiger partial charge on any atom is 0.137 e. The van der Waals surface area contributed by atoms with Crippen molar-refractivity contribution in [3.8, 4) is 33.4 Å². The average molecular weight is 821 g/mol. The highest BCUT2D eigenvalue weighted by molar-refractivity contribution is 6.14. The van der Waals surface area contributed by atoms with E-state index in [0.29, 0.717) is 0 Å². The second-order valence-electron chi connectivity index (χ2n) is 16.1. The van der Waals surface area contributed by atoms with Crippen LogP contribution in [0, 0.1) is 0 Å². The van der Waals surface area contributed by atoms with Gasteiger partial charge in [0.05, 0.1) is 22.1 Å². The SMILES string of the molecule is c1ccc(-c2ccc(N(c3ccc(-c4ccc(N(c5ccc(-c6ccccc6)cc5)c5cccc6oc7ccccc7c56)cc4)cc3)c3cccc4oc5ccccc5c34)cc2)cc1. The summed E-state index contributed by atoms with van der Waals surface area (Å²) in [5.74, 6) is 0. The fourth-order valence-electron chi connectivity index (χ4n) is 9.21.